The molecule has 0 fully saturated rings. The van der Waals surface area contributed by atoms with Crippen molar-refractivity contribution in [3.8, 4) is 0 Å². The molecular weight excluding hydrogens is 212 g/mol. The molecule has 0 aromatic heterocycles. The molecule has 0 unspecified atom stereocenters. The highest BCUT2D eigenvalue weighted by Crippen LogP contribution is 2.21. The van der Waals surface area contributed by atoms with Gasteiger partial charge in [-0.1, -0.05) is 31.2 Å². The van der Waals surface area contributed by atoms with Crippen molar-refractivity contribution in [1.29, 1.82) is 0 Å². The molecule has 0 spiro atoms. The van der Waals surface area contributed by atoms with Crippen LogP contribution in [0, 0.1) is 0 Å². The van der Waals surface area contributed by atoms with Crippen LogP contribution >= 0.6 is 11.6 Å². The number of allylic oxidation sites excluding steroid dienone is 2. The van der Waals surface area contributed by atoms with E-state index < -0.39 is 0 Å². The molecule has 2 amide bonds. The summed E-state index contributed by atoms with van der Waals surface area (Å²) in [5.41, 5.74) is -0.231. The Morgan fingerprint density at radius 3 is 2.87 bits per heavy atom. The SMILES string of the molecule is CC[C@@]1(NC(=O)NCCCl)C=CC=CC1. The van der Waals surface area contributed by atoms with Gasteiger partial charge in [-0.2, -0.15) is 0 Å². The van der Waals surface area contributed by atoms with E-state index in [-0.39, 0.29) is 11.6 Å². The molecule has 0 radical (unpaired) electrons. The van der Waals surface area contributed by atoms with Crippen LogP contribution in [0.2, 0.25) is 0 Å². The number of rotatable bonds is 4. The van der Waals surface area contributed by atoms with Crippen LogP contribution in [0.3, 0.4) is 0 Å². The average Bonchev–Trinajstić information content (AvgIpc) is 2.27. The minimum absolute atomic E-state index is 0.155. The first-order chi connectivity index (χ1) is 7.22. The van der Waals surface area contributed by atoms with E-state index in [1.165, 1.54) is 0 Å². The van der Waals surface area contributed by atoms with Crippen molar-refractivity contribution in [1.82, 2.24) is 10.6 Å². The lowest BCUT2D eigenvalue weighted by Gasteiger charge is -2.31. The van der Waals surface area contributed by atoms with E-state index in [4.69, 9.17) is 11.6 Å². The Hall–Kier alpha value is -0.960. The van der Waals surface area contributed by atoms with Crippen molar-refractivity contribution in [2.75, 3.05) is 12.4 Å². The first kappa shape index (κ1) is 12.1. The molecular formula is C11H17ClN2O. The Bertz CT molecular complexity index is 276. The summed E-state index contributed by atoms with van der Waals surface area (Å²) in [6.45, 7) is 2.55. The van der Waals surface area contributed by atoms with E-state index in [2.05, 4.69) is 23.6 Å². The van der Waals surface area contributed by atoms with E-state index in [9.17, 15) is 4.79 Å². The third-order valence-electron chi connectivity index (χ3n) is 2.52. The smallest absolute Gasteiger partial charge is 0.315 e. The highest BCUT2D eigenvalue weighted by atomic mass is 35.5. The van der Waals surface area contributed by atoms with Gasteiger partial charge in [-0.25, -0.2) is 4.79 Å². The zero-order valence-electron chi connectivity index (χ0n) is 8.92. The second-order valence-corrected chi connectivity index (χ2v) is 3.95. The molecule has 84 valence electrons. The van der Waals surface area contributed by atoms with Gasteiger partial charge >= 0.3 is 6.03 Å². The molecule has 0 aliphatic heterocycles. The summed E-state index contributed by atoms with van der Waals surface area (Å²) in [5.74, 6) is 0.433. The van der Waals surface area contributed by atoms with Gasteiger partial charge in [-0.15, -0.1) is 11.6 Å². The van der Waals surface area contributed by atoms with Gasteiger partial charge in [0.25, 0.3) is 0 Å². The summed E-state index contributed by atoms with van der Waals surface area (Å²) < 4.78 is 0. The Morgan fingerprint density at radius 2 is 2.33 bits per heavy atom. The minimum atomic E-state index is -0.231. The number of amides is 2. The highest BCUT2D eigenvalue weighted by molar-refractivity contribution is 6.18. The third-order valence-corrected chi connectivity index (χ3v) is 2.71. The van der Waals surface area contributed by atoms with Crippen molar-refractivity contribution < 1.29 is 4.79 Å². The number of hydrogen-bond donors (Lipinski definition) is 2. The predicted octanol–water partition coefficient (Wildman–Crippen LogP) is 2.19. The van der Waals surface area contributed by atoms with Gasteiger partial charge in [0.1, 0.15) is 0 Å². The molecule has 0 aromatic carbocycles. The number of hydrogen-bond acceptors (Lipinski definition) is 1. The maximum absolute atomic E-state index is 11.5. The fourth-order valence-electron chi connectivity index (χ4n) is 1.54. The number of urea groups is 1. The molecule has 3 nitrogen and oxygen atoms in total. The largest absolute Gasteiger partial charge is 0.337 e. The van der Waals surface area contributed by atoms with Crippen LogP contribution in [-0.2, 0) is 0 Å². The zero-order valence-corrected chi connectivity index (χ0v) is 9.68. The van der Waals surface area contributed by atoms with Crippen molar-refractivity contribution in [3.63, 3.8) is 0 Å². The first-order valence-electron chi connectivity index (χ1n) is 5.19. The number of carbonyl (C=O) groups is 1. The third kappa shape index (κ3) is 3.59. The van der Waals surface area contributed by atoms with Gasteiger partial charge in [-0.3, -0.25) is 0 Å². The molecule has 1 aliphatic carbocycles. The summed E-state index contributed by atoms with van der Waals surface area (Å²) in [4.78, 5) is 11.5. The molecule has 1 atom stereocenters. The molecule has 0 saturated heterocycles. The van der Waals surface area contributed by atoms with Gasteiger partial charge in [0.2, 0.25) is 0 Å². The minimum Gasteiger partial charge on any atom is -0.337 e. The lowest BCUT2D eigenvalue weighted by molar-refractivity contribution is 0.231. The Balaban J connectivity index is 2.49. The Morgan fingerprint density at radius 1 is 1.53 bits per heavy atom. The van der Waals surface area contributed by atoms with Crippen LogP contribution in [0.1, 0.15) is 19.8 Å². The number of carbonyl (C=O) groups excluding carboxylic acids is 1. The fourth-order valence-corrected chi connectivity index (χ4v) is 1.63. The van der Waals surface area contributed by atoms with Crippen LogP contribution < -0.4 is 10.6 Å². The monoisotopic (exact) mass is 228 g/mol. The molecule has 1 aliphatic rings. The van der Waals surface area contributed by atoms with Crippen LogP contribution in [0.5, 0.6) is 0 Å². The maximum atomic E-state index is 11.5. The molecule has 15 heavy (non-hydrogen) atoms. The van der Waals surface area contributed by atoms with Crippen LogP contribution in [-0.4, -0.2) is 24.0 Å². The Kier molecular flexibility index (Phi) is 4.69. The number of alkyl halides is 1. The lowest BCUT2D eigenvalue weighted by Crippen LogP contribution is -2.51. The van der Waals surface area contributed by atoms with Crippen LogP contribution in [0.25, 0.3) is 0 Å². The molecule has 0 bridgehead atoms. The normalized spacial score (nSPS) is 23.9. The Labute approximate surface area is 95.6 Å². The van der Waals surface area contributed by atoms with E-state index in [1.807, 2.05) is 18.2 Å². The highest BCUT2D eigenvalue weighted by Gasteiger charge is 2.26. The average molecular weight is 229 g/mol. The topological polar surface area (TPSA) is 41.1 Å². The zero-order chi connectivity index (χ0) is 11.1. The summed E-state index contributed by atoms with van der Waals surface area (Å²) >= 11 is 5.49. The standard InChI is InChI=1S/C11H17ClN2O/c1-2-11(6-4-3-5-7-11)14-10(15)13-9-8-12/h3-6H,2,7-9H2,1H3,(H2,13,14,15)/t11-/m1/s1. The van der Waals surface area contributed by atoms with E-state index in [1.54, 1.807) is 0 Å². The summed E-state index contributed by atoms with van der Waals surface area (Å²) in [6, 6.07) is -0.155. The molecule has 2 N–H and O–H groups in total. The summed E-state index contributed by atoms with van der Waals surface area (Å²) in [6.07, 6.45) is 9.77. The van der Waals surface area contributed by atoms with Crippen LogP contribution in [0.15, 0.2) is 24.3 Å². The van der Waals surface area contributed by atoms with Gasteiger partial charge in [0.05, 0.1) is 5.54 Å². The lowest BCUT2D eigenvalue weighted by atomic mass is 9.89. The second-order valence-electron chi connectivity index (χ2n) is 3.57. The number of halogens is 1. The van der Waals surface area contributed by atoms with Crippen molar-refractivity contribution in [2.24, 2.45) is 0 Å². The molecule has 0 saturated carbocycles. The maximum Gasteiger partial charge on any atom is 0.315 e. The quantitative estimate of drug-likeness (QED) is 0.712. The van der Waals surface area contributed by atoms with E-state index in [0.717, 1.165) is 12.8 Å². The second kappa shape index (κ2) is 5.81. The molecule has 0 heterocycles. The van der Waals surface area contributed by atoms with Gasteiger partial charge in [0.15, 0.2) is 0 Å². The molecule has 0 aromatic rings. The summed E-state index contributed by atoms with van der Waals surface area (Å²) in [7, 11) is 0. The van der Waals surface area contributed by atoms with Gasteiger partial charge in [-0.05, 0) is 12.8 Å². The van der Waals surface area contributed by atoms with Gasteiger partial charge < -0.3 is 10.6 Å². The van der Waals surface area contributed by atoms with Crippen molar-refractivity contribution in [2.45, 2.75) is 25.3 Å². The predicted molar refractivity (Wildman–Crippen MR) is 63.2 cm³/mol. The van der Waals surface area contributed by atoms with Crippen molar-refractivity contribution in [3.05, 3.63) is 24.3 Å². The number of nitrogens with one attached hydrogen (secondary N) is 2. The molecule has 1 rings (SSSR count). The molecule has 4 heteroatoms. The first-order valence-corrected chi connectivity index (χ1v) is 5.72. The fraction of sp³-hybridized carbons (Fsp3) is 0.545. The van der Waals surface area contributed by atoms with Crippen LogP contribution in [0.4, 0.5) is 4.79 Å². The van der Waals surface area contributed by atoms with E-state index >= 15 is 0 Å². The van der Waals surface area contributed by atoms with Gasteiger partial charge in [0, 0.05) is 12.4 Å². The summed E-state index contributed by atoms with van der Waals surface area (Å²) in [5, 5.41) is 5.67. The van der Waals surface area contributed by atoms with E-state index in [0.29, 0.717) is 12.4 Å². The van der Waals surface area contributed by atoms with Crippen molar-refractivity contribution >= 4 is 17.6 Å².